The van der Waals surface area contributed by atoms with Gasteiger partial charge < -0.3 is 15.1 Å². The number of rotatable bonds is 5. The van der Waals surface area contributed by atoms with E-state index < -0.39 is 0 Å². The van der Waals surface area contributed by atoms with Crippen molar-refractivity contribution in [3.63, 3.8) is 0 Å². The lowest BCUT2D eigenvalue weighted by atomic mass is 9.95. The highest BCUT2D eigenvalue weighted by Crippen LogP contribution is 2.21. The van der Waals surface area contributed by atoms with Crippen LogP contribution in [0.3, 0.4) is 0 Å². The minimum absolute atomic E-state index is 0. The van der Waals surface area contributed by atoms with E-state index in [0.717, 1.165) is 52.0 Å². The molecule has 0 spiro atoms. The predicted molar refractivity (Wildman–Crippen MR) is 112 cm³/mol. The van der Waals surface area contributed by atoms with E-state index in [4.69, 9.17) is 0 Å². The van der Waals surface area contributed by atoms with Gasteiger partial charge in [-0.2, -0.15) is 0 Å². The Bertz CT molecular complexity index is 515. The summed E-state index contributed by atoms with van der Waals surface area (Å²) in [6.45, 7) is 4.99. The Morgan fingerprint density at radius 3 is 2.42 bits per heavy atom. The van der Waals surface area contributed by atoms with Crippen molar-refractivity contribution in [2.24, 2.45) is 5.92 Å². The SMILES string of the molecule is CN(Cc1ccccc1)CC1CCN(C(=O)[C@H]2CCCCN2)CC1.Cl.Cl. The Morgan fingerprint density at radius 2 is 1.81 bits per heavy atom. The fourth-order valence-electron chi connectivity index (χ4n) is 4.02. The molecule has 26 heavy (non-hydrogen) atoms. The van der Waals surface area contributed by atoms with Gasteiger partial charge in [-0.3, -0.25) is 4.79 Å². The normalized spacial score (nSPS) is 21.0. The highest BCUT2D eigenvalue weighted by atomic mass is 35.5. The monoisotopic (exact) mass is 401 g/mol. The molecule has 2 heterocycles. The number of hydrogen-bond donors (Lipinski definition) is 1. The predicted octanol–water partition coefficient (Wildman–Crippen LogP) is 3.34. The molecular formula is C20H33Cl2N3O. The quantitative estimate of drug-likeness (QED) is 0.821. The van der Waals surface area contributed by atoms with Gasteiger partial charge in [0.05, 0.1) is 6.04 Å². The first-order valence-corrected chi connectivity index (χ1v) is 9.47. The fraction of sp³-hybridized carbons (Fsp3) is 0.650. The van der Waals surface area contributed by atoms with Gasteiger partial charge in [-0.05, 0) is 50.8 Å². The van der Waals surface area contributed by atoms with Crippen LogP contribution in [-0.4, -0.2) is 55.0 Å². The minimum atomic E-state index is 0. The molecular weight excluding hydrogens is 369 g/mol. The fourth-order valence-corrected chi connectivity index (χ4v) is 4.02. The first kappa shape index (κ1) is 23.2. The number of carbonyl (C=O) groups is 1. The molecule has 1 aromatic rings. The smallest absolute Gasteiger partial charge is 0.239 e. The summed E-state index contributed by atoms with van der Waals surface area (Å²) >= 11 is 0. The van der Waals surface area contributed by atoms with E-state index in [0.29, 0.717) is 11.8 Å². The third-order valence-corrected chi connectivity index (χ3v) is 5.40. The number of benzene rings is 1. The Hall–Kier alpha value is -0.810. The van der Waals surface area contributed by atoms with Crippen LogP contribution in [0.2, 0.25) is 0 Å². The molecule has 3 rings (SSSR count). The van der Waals surface area contributed by atoms with Crippen LogP contribution in [0.15, 0.2) is 30.3 Å². The van der Waals surface area contributed by atoms with E-state index in [2.05, 4.69) is 52.5 Å². The van der Waals surface area contributed by atoms with Crippen LogP contribution < -0.4 is 5.32 Å². The molecule has 0 aromatic heterocycles. The molecule has 2 fully saturated rings. The zero-order chi connectivity index (χ0) is 16.8. The van der Waals surface area contributed by atoms with Crippen molar-refractivity contribution < 1.29 is 4.79 Å². The summed E-state index contributed by atoms with van der Waals surface area (Å²) in [4.78, 5) is 17.1. The van der Waals surface area contributed by atoms with Crippen LogP contribution in [-0.2, 0) is 11.3 Å². The topological polar surface area (TPSA) is 35.6 Å². The van der Waals surface area contributed by atoms with Gasteiger partial charge in [0.1, 0.15) is 0 Å². The number of carbonyl (C=O) groups excluding carboxylic acids is 1. The average Bonchev–Trinajstić information content (AvgIpc) is 2.63. The second-order valence-corrected chi connectivity index (χ2v) is 7.45. The van der Waals surface area contributed by atoms with E-state index >= 15 is 0 Å². The van der Waals surface area contributed by atoms with Crippen LogP contribution in [0.25, 0.3) is 0 Å². The average molecular weight is 402 g/mol. The van der Waals surface area contributed by atoms with Crippen molar-refractivity contribution in [3.05, 3.63) is 35.9 Å². The summed E-state index contributed by atoms with van der Waals surface area (Å²) in [5.74, 6) is 1.05. The molecule has 148 valence electrons. The minimum Gasteiger partial charge on any atom is -0.341 e. The number of piperidine rings is 2. The van der Waals surface area contributed by atoms with E-state index in [9.17, 15) is 4.79 Å². The van der Waals surface area contributed by atoms with Crippen LogP contribution >= 0.6 is 24.8 Å². The molecule has 6 heteroatoms. The van der Waals surface area contributed by atoms with E-state index in [1.165, 1.54) is 18.4 Å². The van der Waals surface area contributed by atoms with Crippen LogP contribution in [0.1, 0.15) is 37.7 Å². The highest BCUT2D eigenvalue weighted by molar-refractivity contribution is 5.85. The number of hydrogen-bond acceptors (Lipinski definition) is 3. The zero-order valence-corrected chi connectivity index (χ0v) is 17.4. The molecule has 2 saturated heterocycles. The van der Waals surface area contributed by atoms with Crippen molar-refractivity contribution in [1.82, 2.24) is 15.1 Å². The number of nitrogens with zero attached hydrogens (tertiary/aromatic N) is 2. The molecule has 1 N–H and O–H groups in total. The number of halogens is 2. The van der Waals surface area contributed by atoms with Gasteiger partial charge >= 0.3 is 0 Å². The second-order valence-electron chi connectivity index (χ2n) is 7.45. The molecule has 2 aliphatic rings. The second kappa shape index (κ2) is 11.8. The van der Waals surface area contributed by atoms with E-state index in [1.54, 1.807) is 0 Å². The van der Waals surface area contributed by atoms with Crippen LogP contribution in [0, 0.1) is 5.92 Å². The molecule has 1 aromatic carbocycles. The maximum absolute atomic E-state index is 12.6. The molecule has 1 amide bonds. The van der Waals surface area contributed by atoms with Crippen LogP contribution in [0.5, 0.6) is 0 Å². The third kappa shape index (κ3) is 6.73. The number of nitrogens with one attached hydrogen (secondary N) is 1. The molecule has 0 unspecified atom stereocenters. The van der Waals surface area contributed by atoms with Crippen molar-refractivity contribution in [1.29, 1.82) is 0 Å². The first-order valence-electron chi connectivity index (χ1n) is 9.47. The van der Waals surface area contributed by atoms with Crippen molar-refractivity contribution in [3.8, 4) is 0 Å². The van der Waals surface area contributed by atoms with Gasteiger partial charge in [0.2, 0.25) is 5.91 Å². The maximum Gasteiger partial charge on any atom is 0.239 e. The van der Waals surface area contributed by atoms with Gasteiger partial charge in [0.25, 0.3) is 0 Å². The number of likely N-dealkylation sites (tertiary alicyclic amines) is 1. The number of amides is 1. The van der Waals surface area contributed by atoms with Crippen molar-refractivity contribution in [2.45, 2.75) is 44.7 Å². The Kier molecular flexibility index (Phi) is 10.6. The van der Waals surface area contributed by atoms with Crippen LogP contribution in [0.4, 0.5) is 0 Å². The van der Waals surface area contributed by atoms with E-state index in [-0.39, 0.29) is 30.9 Å². The molecule has 2 aliphatic heterocycles. The van der Waals surface area contributed by atoms with E-state index in [1.807, 2.05) is 0 Å². The van der Waals surface area contributed by atoms with Crippen molar-refractivity contribution in [2.75, 3.05) is 33.2 Å². The lowest BCUT2D eigenvalue weighted by Gasteiger charge is -2.36. The molecule has 0 saturated carbocycles. The summed E-state index contributed by atoms with van der Waals surface area (Å²) in [5, 5.41) is 3.39. The van der Waals surface area contributed by atoms with Gasteiger partial charge in [-0.1, -0.05) is 36.8 Å². The summed E-state index contributed by atoms with van der Waals surface area (Å²) in [6, 6.07) is 10.7. The molecule has 0 radical (unpaired) electrons. The van der Waals surface area contributed by atoms with Gasteiger partial charge in [0.15, 0.2) is 0 Å². The largest absolute Gasteiger partial charge is 0.341 e. The van der Waals surface area contributed by atoms with Gasteiger partial charge in [-0.15, -0.1) is 24.8 Å². The summed E-state index contributed by atoms with van der Waals surface area (Å²) in [5.41, 5.74) is 1.37. The standard InChI is InChI=1S/C20H31N3O.2ClH/c1-22(15-17-7-3-2-4-8-17)16-18-10-13-23(14-11-18)20(24)19-9-5-6-12-21-19;;/h2-4,7-8,18-19,21H,5-6,9-16H2,1H3;2*1H/t19-;;/m1../s1. The lowest BCUT2D eigenvalue weighted by Crippen LogP contribution is -2.51. The highest BCUT2D eigenvalue weighted by Gasteiger charge is 2.29. The molecule has 0 aliphatic carbocycles. The molecule has 1 atom stereocenters. The Labute approximate surface area is 170 Å². The first-order chi connectivity index (χ1) is 11.7. The molecule has 0 bridgehead atoms. The maximum atomic E-state index is 12.6. The third-order valence-electron chi connectivity index (χ3n) is 5.40. The summed E-state index contributed by atoms with van der Waals surface area (Å²) < 4.78 is 0. The summed E-state index contributed by atoms with van der Waals surface area (Å²) in [7, 11) is 2.20. The summed E-state index contributed by atoms with van der Waals surface area (Å²) in [6.07, 6.45) is 5.68. The van der Waals surface area contributed by atoms with Gasteiger partial charge in [-0.25, -0.2) is 0 Å². The zero-order valence-electron chi connectivity index (χ0n) is 15.7. The Balaban J connectivity index is 0.00000169. The van der Waals surface area contributed by atoms with Gasteiger partial charge in [0, 0.05) is 26.2 Å². The lowest BCUT2D eigenvalue weighted by molar-refractivity contribution is -0.135. The molecule has 4 nitrogen and oxygen atoms in total. The van der Waals surface area contributed by atoms with Crippen molar-refractivity contribution >= 4 is 30.7 Å². The Morgan fingerprint density at radius 1 is 1.12 bits per heavy atom.